The predicted octanol–water partition coefficient (Wildman–Crippen LogP) is 4.30. The van der Waals surface area contributed by atoms with Crippen LogP contribution in [-0.4, -0.2) is 18.4 Å². The zero-order valence-corrected chi connectivity index (χ0v) is 14.5. The van der Waals surface area contributed by atoms with E-state index < -0.39 is 17.5 Å². The molecular formula is C20H20F2N2O2. The Bertz CT molecular complexity index is 852. The number of unbranched alkanes of at least 4 members (excludes halogenated alkanes) is 1. The largest absolute Gasteiger partial charge is 0.322 e. The molecule has 0 atom stereocenters. The molecule has 1 aliphatic rings. The number of hydrogen-bond donors (Lipinski definition) is 1. The van der Waals surface area contributed by atoms with Crippen LogP contribution in [0, 0.1) is 11.6 Å². The van der Waals surface area contributed by atoms with Crippen LogP contribution in [0.5, 0.6) is 0 Å². The monoisotopic (exact) mass is 358 g/mol. The number of amides is 2. The zero-order chi connectivity index (χ0) is 18.7. The molecule has 0 unspecified atom stereocenters. The molecule has 1 N–H and O–H groups in total. The van der Waals surface area contributed by atoms with Gasteiger partial charge in [0.2, 0.25) is 5.91 Å². The molecule has 0 radical (unpaired) electrons. The Hall–Kier alpha value is -2.76. The van der Waals surface area contributed by atoms with Gasteiger partial charge in [0.15, 0.2) is 0 Å². The molecule has 2 aromatic rings. The molecular weight excluding hydrogens is 338 g/mol. The first kappa shape index (κ1) is 18.0. The second-order valence-corrected chi connectivity index (χ2v) is 6.32. The van der Waals surface area contributed by atoms with Gasteiger partial charge in [0.1, 0.15) is 11.6 Å². The summed E-state index contributed by atoms with van der Waals surface area (Å²) in [6, 6.07) is 8.14. The van der Waals surface area contributed by atoms with Gasteiger partial charge in [0.05, 0.1) is 5.56 Å². The maximum Gasteiger partial charge on any atom is 0.258 e. The van der Waals surface area contributed by atoms with E-state index >= 15 is 0 Å². The normalized spacial score (nSPS) is 13.5. The van der Waals surface area contributed by atoms with Crippen LogP contribution in [0.3, 0.4) is 0 Å². The summed E-state index contributed by atoms with van der Waals surface area (Å²) in [7, 11) is 0. The number of halogens is 2. The van der Waals surface area contributed by atoms with Gasteiger partial charge in [-0.1, -0.05) is 13.3 Å². The number of rotatable bonds is 5. The van der Waals surface area contributed by atoms with Crippen molar-refractivity contribution in [1.29, 1.82) is 0 Å². The summed E-state index contributed by atoms with van der Waals surface area (Å²) in [6.07, 6.45) is 2.95. The fourth-order valence-corrected chi connectivity index (χ4v) is 3.07. The van der Waals surface area contributed by atoms with Crippen molar-refractivity contribution < 1.29 is 18.4 Å². The first-order chi connectivity index (χ1) is 12.5. The molecule has 0 aliphatic carbocycles. The molecule has 26 heavy (non-hydrogen) atoms. The molecule has 0 fully saturated rings. The van der Waals surface area contributed by atoms with E-state index in [0.29, 0.717) is 31.1 Å². The number of nitrogens with one attached hydrogen (secondary N) is 1. The van der Waals surface area contributed by atoms with Crippen LogP contribution >= 0.6 is 0 Å². The molecule has 136 valence electrons. The van der Waals surface area contributed by atoms with Crippen molar-refractivity contribution in [3.05, 3.63) is 59.2 Å². The molecule has 1 heterocycles. The third kappa shape index (κ3) is 3.74. The van der Waals surface area contributed by atoms with E-state index in [9.17, 15) is 18.4 Å². The van der Waals surface area contributed by atoms with Gasteiger partial charge >= 0.3 is 0 Å². The SMILES string of the molecule is CCCCN1C(=O)CCc2cc(NC(=O)c3ccc(F)cc3F)ccc21. The Morgan fingerprint density at radius 1 is 1.15 bits per heavy atom. The standard InChI is InChI=1S/C20H20F2N2O2/c1-2-3-10-24-18-8-6-15(11-13(18)4-9-19(24)25)23-20(26)16-7-5-14(21)12-17(16)22/h5-8,11-12H,2-4,9-10H2,1H3,(H,23,26). The number of nitrogens with zero attached hydrogens (tertiary/aromatic N) is 1. The Morgan fingerprint density at radius 3 is 2.69 bits per heavy atom. The van der Waals surface area contributed by atoms with Gasteiger partial charge in [0, 0.05) is 30.4 Å². The zero-order valence-electron chi connectivity index (χ0n) is 14.5. The van der Waals surface area contributed by atoms with Gasteiger partial charge in [-0.25, -0.2) is 8.78 Å². The topological polar surface area (TPSA) is 49.4 Å². The van der Waals surface area contributed by atoms with Gasteiger partial charge < -0.3 is 10.2 Å². The van der Waals surface area contributed by atoms with Crippen LogP contribution in [-0.2, 0) is 11.2 Å². The molecule has 1 aliphatic heterocycles. The fraction of sp³-hybridized carbons (Fsp3) is 0.300. The Kier molecular flexibility index (Phi) is 5.30. The first-order valence-corrected chi connectivity index (χ1v) is 8.69. The average Bonchev–Trinajstić information content (AvgIpc) is 2.61. The van der Waals surface area contributed by atoms with Crippen LogP contribution in [0.4, 0.5) is 20.2 Å². The second-order valence-electron chi connectivity index (χ2n) is 6.32. The van der Waals surface area contributed by atoms with Crippen molar-refractivity contribution >= 4 is 23.2 Å². The Labute approximate surface area is 150 Å². The lowest BCUT2D eigenvalue weighted by molar-refractivity contribution is -0.118. The molecule has 0 aromatic heterocycles. The van der Waals surface area contributed by atoms with Crippen molar-refractivity contribution in [2.24, 2.45) is 0 Å². The maximum atomic E-state index is 13.7. The Balaban J connectivity index is 1.80. The van der Waals surface area contributed by atoms with Crippen molar-refractivity contribution in [2.75, 3.05) is 16.8 Å². The maximum absolute atomic E-state index is 13.7. The third-order valence-electron chi connectivity index (χ3n) is 4.45. The highest BCUT2D eigenvalue weighted by Gasteiger charge is 2.24. The van der Waals surface area contributed by atoms with Crippen molar-refractivity contribution in [2.45, 2.75) is 32.6 Å². The summed E-state index contributed by atoms with van der Waals surface area (Å²) in [5.41, 5.74) is 2.13. The second kappa shape index (κ2) is 7.64. The molecule has 0 saturated heterocycles. The number of benzene rings is 2. The summed E-state index contributed by atoms with van der Waals surface area (Å²) in [5, 5.41) is 2.63. The molecule has 4 nitrogen and oxygen atoms in total. The van der Waals surface area contributed by atoms with Crippen LogP contribution in [0.15, 0.2) is 36.4 Å². The highest BCUT2D eigenvalue weighted by atomic mass is 19.1. The summed E-state index contributed by atoms with van der Waals surface area (Å²) < 4.78 is 26.7. The van der Waals surface area contributed by atoms with Gasteiger partial charge in [-0.3, -0.25) is 9.59 Å². The summed E-state index contributed by atoms with van der Waals surface area (Å²) >= 11 is 0. The van der Waals surface area contributed by atoms with Crippen LogP contribution in [0.1, 0.15) is 42.1 Å². The molecule has 0 bridgehead atoms. The van der Waals surface area contributed by atoms with Crippen molar-refractivity contribution in [3.63, 3.8) is 0 Å². The molecule has 3 rings (SSSR count). The quantitative estimate of drug-likeness (QED) is 0.866. The number of anilines is 2. The van der Waals surface area contributed by atoms with Gasteiger partial charge in [-0.2, -0.15) is 0 Å². The minimum Gasteiger partial charge on any atom is -0.322 e. The lowest BCUT2D eigenvalue weighted by Crippen LogP contribution is -2.35. The van der Waals surface area contributed by atoms with Gasteiger partial charge in [0.25, 0.3) is 5.91 Å². The smallest absolute Gasteiger partial charge is 0.258 e. The molecule has 0 saturated carbocycles. The Morgan fingerprint density at radius 2 is 1.96 bits per heavy atom. The highest BCUT2D eigenvalue weighted by molar-refractivity contribution is 6.05. The molecule has 2 amide bonds. The van der Waals surface area contributed by atoms with Gasteiger partial charge in [-0.05, 0) is 48.7 Å². The molecule has 0 spiro atoms. The van der Waals surface area contributed by atoms with E-state index in [4.69, 9.17) is 0 Å². The van der Waals surface area contributed by atoms with E-state index in [0.717, 1.165) is 36.2 Å². The highest BCUT2D eigenvalue weighted by Crippen LogP contribution is 2.30. The van der Waals surface area contributed by atoms with E-state index in [-0.39, 0.29) is 11.5 Å². The summed E-state index contributed by atoms with van der Waals surface area (Å²) in [4.78, 5) is 26.2. The summed E-state index contributed by atoms with van der Waals surface area (Å²) in [6.45, 7) is 2.75. The lowest BCUT2D eigenvalue weighted by atomic mass is 10.00. The predicted molar refractivity (Wildman–Crippen MR) is 96.3 cm³/mol. The van der Waals surface area contributed by atoms with Crippen LogP contribution in [0.2, 0.25) is 0 Å². The van der Waals surface area contributed by atoms with Gasteiger partial charge in [-0.15, -0.1) is 0 Å². The minimum absolute atomic E-state index is 0.108. The van der Waals surface area contributed by atoms with E-state index in [1.165, 1.54) is 0 Å². The number of carbonyl (C=O) groups excluding carboxylic acids is 2. The van der Waals surface area contributed by atoms with Crippen molar-refractivity contribution in [1.82, 2.24) is 0 Å². The van der Waals surface area contributed by atoms with Crippen LogP contribution in [0.25, 0.3) is 0 Å². The lowest BCUT2D eigenvalue weighted by Gasteiger charge is -2.29. The van der Waals surface area contributed by atoms with E-state index in [1.54, 1.807) is 23.1 Å². The molecule has 2 aromatic carbocycles. The minimum atomic E-state index is -0.906. The molecule has 6 heteroatoms. The van der Waals surface area contributed by atoms with E-state index in [1.807, 2.05) is 0 Å². The number of fused-ring (bicyclic) bond motifs is 1. The average molecular weight is 358 g/mol. The van der Waals surface area contributed by atoms with Crippen LogP contribution < -0.4 is 10.2 Å². The van der Waals surface area contributed by atoms with E-state index in [2.05, 4.69) is 12.2 Å². The van der Waals surface area contributed by atoms with Crippen molar-refractivity contribution in [3.8, 4) is 0 Å². The number of carbonyl (C=O) groups is 2. The number of aryl methyl sites for hydroxylation is 1. The third-order valence-corrected chi connectivity index (χ3v) is 4.45. The number of hydrogen-bond acceptors (Lipinski definition) is 2. The first-order valence-electron chi connectivity index (χ1n) is 8.69. The summed E-state index contributed by atoms with van der Waals surface area (Å²) in [5.74, 6) is -2.17. The fourth-order valence-electron chi connectivity index (χ4n) is 3.07.